The number of benzene rings is 1. The van der Waals surface area contributed by atoms with E-state index in [-0.39, 0.29) is 17.6 Å². The predicted molar refractivity (Wildman–Crippen MR) is 98.4 cm³/mol. The number of fused-ring (bicyclic) bond motifs is 1. The molecule has 1 aromatic carbocycles. The van der Waals surface area contributed by atoms with Gasteiger partial charge in [0.1, 0.15) is 0 Å². The van der Waals surface area contributed by atoms with E-state index < -0.39 is 0 Å². The Balaban J connectivity index is 1.47. The molecule has 0 unspecified atom stereocenters. The van der Waals surface area contributed by atoms with Crippen molar-refractivity contribution in [3.05, 3.63) is 70.1 Å². The van der Waals surface area contributed by atoms with Crippen LogP contribution in [0.4, 0.5) is 5.13 Å². The molecule has 1 aliphatic heterocycles. The number of furan rings is 1. The van der Waals surface area contributed by atoms with Crippen LogP contribution in [0.3, 0.4) is 0 Å². The number of anilines is 1. The highest BCUT2D eigenvalue weighted by atomic mass is 32.1. The van der Waals surface area contributed by atoms with Crippen molar-refractivity contribution in [2.75, 3.05) is 11.9 Å². The van der Waals surface area contributed by atoms with Gasteiger partial charge in [-0.1, -0.05) is 29.0 Å². The third-order valence-corrected chi connectivity index (χ3v) is 5.28. The molecule has 0 spiro atoms. The van der Waals surface area contributed by atoms with Crippen molar-refractivity contribution >= 4 is 28.3 Å². The highest BCUT2D eigenvalue weighted by molar-refractivity contribution is 7.15. The highest BCUT2D eigenvalue weighted by Gasteiger charge is 2.25. The van der Waals surface area contributed by atoms with Gasteiger partial charge in [-0.2, -0.15) is 0 Å². The number of aryl methyl sites for hydroxylation is 1. The summed E-state index contributed by atoms with van der Waals surface area (Å²) < 4.78 is 5.09. The lowest BCUT2D eigenvalue weighted by atomic mass is 10.1. The fraction of sp³-hybridized carbons (Fsp3) is 0.211. The van der Waals surface area contributed by atoms with E-state index in [0.717, 1.165) is 16.1 Å². The zero-order valence-corrected chi connectivity index (χ0v) is 15.0. The van der Waals surface area contributed by atoms with Gasteiger partial charge in [-0.15, -0.1) is 0 Å². The summed E-state index contributed by atoms with van der Waals surface area (Å²) in [6, 6.07) is 10.9. The fourth-order valence-corrected chi connectivity index (χ4v) is 3.89. The lowest BCUT2D eigenvalue weighted by Gasteiger charge is -2.26. The predicted octanol–water partition coefficient (Wildman–Crippen LogP) is 3.50. The molecule has 1 aliphatic rings. The number of carbonyl (C=O) groups is 2. The second-order valence-electron chi connectivity index (χ2n) is 6.16. The molecule has 0 fully saturated rings. The Bertz CT molecular complexity index is 945. The van der Waals surface area contributed by atoms with Crippen LogP contribution in [0.5, 0.6) is 0 Å². The zero-order valence-electron chi connectivity index (χ0n) is 14.2. The fourth-order valence-electron chi connectivity index (χ4n) is 2.87. The minimum absolute atomic E-state index is 0.0187. The molecule has 6 nitrogen and oxygen atoms in total. The third-order valence-electron chi connectivity index (χ3n) is 4.28. The zero-order chi connectivity index (χ0) is 18.1. The molecule has 7 heteroatoms. The van der Waals surface area contributed by atoms with Gasteiger partial charge in [-0.25, -0.2) is 4.98 Å². The molecule has 0 saturated carbocycles. The van der Waals surface area contributed by atoms with E-state index in [1.54, 1.807) is 12.1 Å². The van der Waals surface area contributed by atoms with Gasteiger partial charge in [-0.3, -0.25) is 14.9 Å². The summed E-state index contributed by atoms with van der Waals surface area (Å²) in [5.74, 6) is -0.0618. The Morgan fingerprint density at radius 3 is 2.77 bits per heavy atom. The molecule has 0 atom stereocenters. The second kappa shape index (κ2) is 6.76. The molecule has 0 radical (unpaired) electrons. The number of hydrogen-bond acceptors (Lipinski definition) is 5. The van der Waals surface area contributed by atoms with Crippen LogP contribution in [-0.4, -0.2) is 28.2 Å². The van der Waals surface area contributed by atoms with Gasteiger partial charge in [0.15, 0.2) is 10.9 Å². The molecule has 1 N–H and O–H groups in total. The van der Waals surface area contributed by atoms with Gasteiger partial charge < -0.3 is 9.32 Å². The Morgan fingerprint density at radius 2 is 2.04 bits per heavy atom. The summed E-state index contributed by atoms with van der Waals surface area (Å²) in [6.07, 6.45) is 2.14. The Hall–Kier alpha value is -2.93. The van der Waals surface area contributed by atoms with E-state index in [1.165, 1.54) is 17.6 Å². The first-order valence-corrected chi connectivity index (χ1v) is 9.11. The van der Waals surface area contributed by atoms with Gasteiger partial charge in [0.2, 0.25) is 0 Å². The van der Waals surface area contributed by atoms with Gasteiger partial charge in [0.25, 0.3) is 11.8 Å². The van der Waals surface area contributed by atoms with Gasteiger partial charge >= 0.3 is 0 Å². The summed E-state index contributed by atoms with van der Waals surface area (Å²) in [6.45, 7) is 3.13. The van der Waals surface area contributed by atoms with E-state index in [0.29, 0.717) is 30.2 Å². The minimum Gasteiger partial charge on any atom is -0.459 e. The van der Waals surface area contributed by atoms with Crippen molar-refractivity contribution in [2.45, 2.75) is 19.9 Å². The summed E-state index contributed by atoms with van der Waals surface area (Å²) in [5.41, 5.74) is 2.76. The van der Waals surface area contributed by atoms with Crippen molar-refractivity contribution in [1.82, 2.24) is 9.88 Å². The maximum atomic E-state index is 12.7. The van der Waals surface area contributed by atoms with Gasteiger partial charge in [0.05, 0.1) is 18.5 Å². The number of rotatable bonds is 3. The van der Waals surface area contributed by atoms with E-state index >= 15 is 0 Å². The maximum Gasteiger partial charge on any atom is 0.293 e. The molecule has 26 heavy (non-hydrogen) atoms. The molecular formula is C19H17N3O3S. The second-order valence-corrected chi connectivity index (χ2v) is 7.25. The van der Waals surface area contributed by atoms with E-state index in [4.69, 9.17) is 4.42 Å². The average molecular weight is 367 g/mol. The number of thiazole rings is 1. The van der Waals surface area contributed by atoms with Crippen LogP contribution in [0.25, 0.3) is 0 Å². The van der Waals surface area contributed by atoms with Crippen molar-refractivity contribution in [1.29, 1.82) is 0 Å². The summed E-state index contributed by atoms with van der Waals surface area (Å²) in [5, 5.41) is 3.28. The Kier molecular flexibility index (Phi) is 4.30. The van der Waals surface area contributed by atoms with Crippen LogP contribution >= 0.6 is 11.3 Å². The lowest BCUT2D eigenvalue weighted by Crippen LogP contribution is -2.35. The van der Waals surface area contributed by atoms with Crippen LogP contribution in [-0.2, 0) is 13.0 Å². The average Bonchev–Trinajstić information content (AvgIpc) is 3.30. The molecule has 3 aromatic rings. The number of hydrogen-bond donors (Lipinski definition) is 1. The number of amides is 2. The number of aromatic nitrogens is 1. The SMILES string of the molecule is Cc1ccc(C(=O)N2CCc3nc(NC(=O)c4ccco4)sc3C2)cc1. The highest BCUT2D eigenvalue weighted by Crippen LogP contribution is 2.29. The van der Waals surface area contributed by atoms with E-state index in [1.807, 2.05) is 36.1 Å². The number of nitrogens with zero attached hydrogens (tertiary/aromatic N) is 2. The lowest BCUT2D eigenvalue weighted by molar-refractivity contribution is 0.0736. The Labute approximate surface area is 154 Å². The first kappa shape index (κ1) is 16.5. The first-order chi connectivity index (χ1) is 12.6. The molecular weight excluding hydrogens is 350 g/mol. The third kappa shape index (κ3) is 3.25. The molecule has 0 saturated heterocycles. The molecule has 2 amide bonds. The largest absolute Gasteiger partial charge is 0.459 e. The topological polar surface area (TPSA) is 75.4 Å². The molecule has 2 aromatic heterocycles. The summed E-state index contributed by atoms with van der Waals surface area (Å²) in [7, 11) is 0. The first-order valence-electron chi connectivity index (χ1n) is 8.29. The van der Waals surface area contributed by atoms with Crippen LogP contribution in [0.1, 0.15) is 37.0 Å². The van der Waals surface area contributed by atoms with Crippen molar-refractivity contribution < 1.29 is 14.0 Å². The van der Waals surface area contributed by atoms with Crippen LogP contribution in [0.15, 0.2) is 47.1 Å². The van der Waals surface area contributed by atoms with E-state index in [9.17, 15) is 9.59 Å². The van der Waals surface area contributed by atoms with Crippen LogP contribution in [0.2, 0.25) is 0 Å². The molecule has 0 bridgehead atoms. The standard InChI is InChI=1S/C19H17N3O3S/c1-12-4-6-13(7-5-12)18(24)22-9-8-14-16(11-22)26-19(20-14)21-17(23)15-3-2-10-25-15/h2-7,10H,8-9,11H2,1H3,(H,20,21,23). The molecule has 3 heterocycles. The monoisotopic (exact) mass is 367 g/mol. The molecule has 4 rings (SSSR count). The number of nitrogens with one attached hydrogen (secondary N) is 1. The van der Waals surface area contributed by atoms with E-state index in [2.05, 4.69) is 10.3 Å². The smallest absolute Gasteiger partial charge is 0.293 e. The normalized spacial score (nSPS) is 13.3. The number of carbonyl (C=O) groups excluding carboxylic acids is 2. The van der Waals surface area contributed by atoms with Crippen LogP contribution in [0, 0.1) is 6.92 Å². The van der Waals surface area contributed by atoms with Gasteiger partial charge in [-0.05, 0) is 31.2 Å². The van der Waals surface area contributed by atoms with Crippen molar-refractivity contribution in [3.63, 3.8) is 0 Å². The van der Waals surface area contributed by atoms with Gasteiger partial charge in [0, 0.05) is 23.4 Å². The van der Waals surface area contributed by atoms with Crippen molar-refractivity contribution in [3.8, 4) is 0 Å². The molecule has 132 valence electrons. The molecule has 0 aliphatic carbocycles. The summed E-state index contributed by atoms with van der Waals surface area (Å²) >= 11 is 1.40. The quantitative estimate of drug-likeness (QED) is 0.769. The van der Waals surface area contributed by atoms with Crippen LogP contribution < -0.4 is 5.32 Å². The Morgan fingerprint density at radius 1 is 1.23 bits per heavy atom. The van der Waals surface area contributed by atoms with Crippen molar-refractivity contribution in [2.24, 2.45) is 0 Å². The summed E-state index contributed by atoms with van der Waals surface area (Å²) in [4.78, 5) is 32.1. The maximum absolute atomic E-state index is 12.7. The minimum atomic E-state index is -0.325.